The highest BCUT2D eigenvalue weighted by Crippen LogP contribution is 2.37. The van der Waals surface area contributed by atoms with E-state index in [0.717, 1.165) is 11.1 Å². The van der Waals surface area contributed by atoms with E-state index < -0.39 is 11.8 Å². The number of hydrogen-bond donors (Lipinski definition) is 1. The molecule has 31 heavy (non-hydrogen) atoms. The molecular formula is C25H21ClN2O3. The lowest BCUT2D eigenvalue weighted by molar-refractivity contribution is -0.120. The zero-order valence-corrected chi connectivity index (χ0v) is 18.2. The maximum Gasteiger partial charge on any atom is 0.282 e. The van der Waals surface area contributed by atoms with Crippen LogP contribution in [-0.2, 0) is 9.59 Å². The van der Waals surface area contributed by atoms with Gasteiger partial charge in [0.25, 0.3) is 11.8 Å². The highest BCUT2D eigenvalue weighted by atomic mass is 35.5. The quantitative estimate of drug-likeness (QED) is 0.551. The van der Waals surface area contributed by atoms with Crippen molar-refractivity contribution in [3.8, 4) is 5.75 Å². The molecule has 1 heterocycles. The smallest absolute Gasteiger partial charge is 0.282 e. The third-order valence-corrected chi connectivity index (χ3v) is 5.41. The molecule has 0 spiro atoms. The summed E-state index contributed by atoms with van der Waals surface area (Å²) in [5.41, 5.74) is 3.98. The van der Waals surface area contributed by atoms with Crippen LogP contribution in [0.4, 0.5) is 11.4 Å². The molecule has 0 saturated heterocycles. The summed E-state index contributed by atoms with van der Waals surface area (Å²) in [4.78, 5) is 28.3. The molecule has 1 N–H and O–H groups in total. The predicted octanol–water partition coefficient (Wildman–Crippen LogP) is 5.36. The van der Waals surface area contributed by atoms with E-state index in [1.165, 1.54) is 4.90 Å². The Bertz CT molecular complexity index is 1220. The van der Waals surface area contributed by atoms with Crippen molar-refractivity contribution in [1.82, 2.24) is 0 Å². The molecule has 1 aliphatic rings. The molecule has 3 aromatic rings. The molecule has 0 saturated carbocycles. The maximum atomic E-state index is 13.6. The molecule has 6 heteroatoms. The minimum atomic E-state index is -0.447. The second kappa shape index (κ2) is 8.28. The van der Waals surface area contributed by atoms with Crippen LogP contribution in [0.3, 0.4) is 0 Å². The molecule has 0 aromatic heterocycles. The van der Waals surface area contributed by atoms with Crippen LogP contribution in [0, 0.1) is 13.8 Å². The SMILES string of the molecule is COc1ccc(C)cc1NC1=C(c2ccccc2)C(=O)N(c2cc(Cl)ccc2C)C1=O. The van der Waals surface area contributed by atoms with Crippen LogP contribution in [0.2, 0.25) is 5.02 Å². The molecule has 0 aliphatic carbocycles. The summed E-state index contributed by atoms with van der Waals surface area (Å²) in [7, 11) is 1.56. The summed E-state index contributed by atoms with van der Waals surface area (Å²) in [5, 5.41) is 3.62. The van der Waals surface area contributed by atoms with Gasteiger partial charge in [0.15, 0.2) is 0 Å². The van der Waals surface area contributed by atoms with Crippen LogP contribution >= 0.6 is 11.6 Å². The third kappa shape index (κ3) is 3.80. The van der Waals surface area contributed by atoms with Crippen molar-refractivity contribution in [2.45, 2.75) is 13.8 Å². The fourth-order valence-corrected chi connectivity index (χ4v) is 3.78. The summed E-state index contributed by atoms with van der Waals surface area (Å²) in [6, 6.07) is 19.9. The van der Waals surface area contributed by atoms with Crippen molar-refractivity contribution in [1.29, 1.82) is 0 Å². The van der Waals surface area contributed by atoms with Crippen LogP contribution < -0.4 is 15.0 Å². The van der Waals surface area contributed by atoms with Gasteiger partial charge in [0.2, 0.25) is 0 Å². The van der Waals surface area contributed by atoms with E-state index in [1.54, 1.807) is 25.3 Å². The Hall–Kier alpha value is -3.57. The van der Waals surface area contributed by atoms with Crippen LogP contribution in [0.15, 0.2) is 72.4 Å². The van der Waals surface area contributed by atoms with E-state index in [2.05, 4.69) is 5.32 Å². The highest BCUT2D eigenvalue weighted by Gasteiger charge is 2.41. The van der Waals surface area contributed by atoms with Gasteiger partial charge in [0.1, 0.15) is 11.4 Å². The Morgan fingerprint density at radius 3 is 2.35 bits per heavy atom. The summed E-state index contributed by atoms with van der Waals surface area (Å²) < 4.78 is 5.45. The molecule has 0 unspecified atom stereocenters. The van der Waals surface area contributed by atoms with Crippen molar-refractivity contribution in [3.05, 3.63) is 94.1 Å². The van der Waals surface area contributed by atoms with Crippen molar-refractivity contribution in [3.63, 3.8) is 0 Å². The van der Waals surface area contributed by atoms with Gasteiger partial charge in [0.05, 0.1) is 24.1 Å². The van der Waals surface area contributed by atoms with Crippen molar-refractivity contribution < 1.29 is 14.3 Å². The Morgan fingerprint density at radius 1 is 0.903 bits per heavy atom. The number of nitrogens with one attached hydrogen (secondary N) is 1. The number of benzene rings is 3. The minimum absolute atomic E-state index is 0.194. The first-order chi connectivity index (χ1) is 14.9. The fraction of sp³-hybridized carbons (Fsp3) is 0.120. The molecular weight excluding hydrogens is 412 g/mol. The van der Waals surface area contributed by atoms with Gasteiger partial charge in [-0.1, -0.05) is 54.1 Å². The second-order valence-corrected chi connectivity index (χ2v) is 7.76. The lowest BCUT2D eigenvalue weighted by Crippen LogP contribution is -2.33. The molecule has 0 atom stereocenters. The van der Waals surface area contributed by atoms with Gasteiger partial charge >= 0.3 is 0 Å². The number of aryl methyl sites for hydroxylation is 2. The van der Waals surface area contributed by atoms with E-state index in [4.69, 9.17) is 16.3 Å². The number of nitrogens with zero attached hydrogens (tertiary/aromatic N) is 1. The van der Waals surface area contributed by atoms with Gasteiger partial charge in [0, 0.05) is 5.02 Å². The molecule has 0 fully saturated rings. The molecule has 4 rings (SSSR count). The zero-order valence-electron chi connectivity index (χ0n) is 17.4. The Labute approximate surface area is 185 Å². The van der Waals surface area contributed by atoms with Gasteiger partial charge in [-0.25, -0.2) is 4.90 Å². The number of anilines is 2. The van der Waals surface area contributed by atoms with E-state index in [0.29, 0.717) is 33.3 Å². The topological polar surface area (TPSA) is 58.6 Å². The van der Waals surface area contributed by atoms with E-state index in [9.17, 15) is 9.59 Å². The van der Waals surface area contributed by atoms with Crippen LogP contribution in [0.25, 0.3) is 5.57 Å². The lowest BCUT2D eigenvalue weighted by Gasteiger charge is -2.18. The normalized spacial score (nSPS) is 13.7. The minimum Gasteiger partial charge on any atom is -0.495 e. The number of carbonyl (C=O) groups is 2. The third-order valence-electron chi connectivity index (χ3n) is 5.17. The number of amides is 2. The molecule has 156 valence electrons. The van der Waals surface area contributed by atoms with E-state index >= 15 is 0 Å². The molecule has 0 radical (unpaired) electrons. The van der Waals surface area contributed by atoms with Gasteiger partial charge in [-0.2, -0.15) is 0 Å². The van der Waals surface area contributed by atoms with Gasteiger partial charge in [-0.3, -0.25) is 9.59 Å². The monoisotopic (exact) mass is 432 g/mol. The first kappa shape index (κ1) is 20.7. The van der Waals surface area contributed by atoms with Gasteiger partial charge in [-0.15, -0.1) is 0 Å². The summed E-state index contributed by atoms with van der Waals surface area (Å²) in [5.74, 6) is -0.281. The number of ether oxygens (including phenoxy) is 1. The average Bonchev–Trinajstić information content (AvgIpc) is 3.00. The largest absolute Gasteiger partial charge is 0.495 e. The molecule has 1 aliphatic heterocycles. The standard InChI is InChI=1S/C25H21ClN2O3/c1-15-9-12-21(31-3)19(13-15)27-23-22(17-7-5-4-6-8-17)24(29)28(25(23)30)20-14-18(26)11-10-16(20)2/h4-14,27H,1-3H3. The number of hydrogen-bond acceptors (Lipinski definition) is 4. The van der Waals surface area contributed by atoms with Crippen molar-refractivity contribution in [2.24, 2.45) is 0 Å². The maximum absolute atomic E-state index is 13.6. The van der Waals surface area contributed by atoms with Crippen LogP contribution in [0.5, 0.6) is 5.75 Å². The second-order valence-electron chi connectivity index (χ2n) is 7.32. The van der Waals surface area contributed by atoms with E-state index in [1.807, 2.05) is 62.4 Å². The Balaban J connectivity index is 1.87. The fourth-order valence-electron chi connectivity index (χ4n) is 3.61. The number of methoxy groups -OCH3 is 1. The van der Waals surface area contributed by atoms with Gasteiger partial charge in [-0.05, 0) is 54.8 Å². The van der Waals surface area contributed by atoms with Crippen LogP contribution in [0.1, 0.15) is 16.7 Å². The van der Waals surface area contributed by atoms with Crippen molar-refractivity contribution >= 4 is 40.4 Å². The van der Waals surface area contributed by atoms with Crippen molar-refractivity contribution in [2.75, 3.05) is 17.3 Å². The molecule has 3 aromatic carbocycles. The average molecular weight is 433 g/mol. The summed E-state index contributed by atoms with van der Waals surface area (Å²) in [6.45, 7) is 3.78. The van der Waals surface area contributed by atoms with Gasteiger partial charge < -0.3 is 10.1 Å². The zero-order chi connectivity index (χ0) is 22.1. The van der Waals surface area contributed by atoms with Crippen LogP contribution in [-0.4, -0.2) is 18.9 Å². The first-order valence-electron chi connectivity index (χ1n) is 9.77. The Kier molecular flexibility index (Phi) is 5.53. The highest BCUT2D eigenvalue weighted by molar-refractivity contribution is 6.46. The first-order valence-corrected chi connectivity index (χ1v) is 10.1. The number of imide groups is 1. The molecule has 2 amide bonds. The van der Waals surface area contributed by atoms with E-state index in [-0.39, 0.29) is 5.70 Å². The molecule has 5 nitrogen and oxygen atoms in total. The Morgan fingerprint density at radius 2 is 1.65 bits per heavy atom. The lowest BCUT2D eigenvalue weighted by atomic mass is 10.0. The number of halogens is 1. The molecule has 0 bridgehead atoms. The number of rotatable bonds is 5. The summed E-state index contributed by atoms with van der Waals surface area (Å²) >= 11 is 6.17. The predicted molar refractivity (Wildman–Crippen MR) is 123 cm³/mol. The summed E-state index contributed by atoms with van der Waals surface area (Å²) in [6.07, 6.45) is 0. The number of carbonyl (C=O) groups excluding carboxylic acids is 2.